The maximum absolute atomic E-state index is 13.5. The van der Waals surface area contributed by atoms with Gasteiger partial charge in [0, 0.05) is 0 Å². The van der Waals surface area contributed by atoms with Crippen LogP contribution in [-0.4, -0.2) is 52.5 Å². The summed E-state index contributed by atoms with van der Waals surface area (Å²) in [5.74, 6) is -1.88. The van der Waals surface area contributed by atoms with Gasteiger partial charge in [0.25, 0.3) is 0 Å². The standard InChI is InChI=1S/C38H28O7S/c39-35(29-16-13-23-7-1-4-10-26(23)19-29)43-22-32-33(44-36(40)30-17-14-24-8-2-5-11-27(24)20-30)34(38(42)46-32)45-37(41)31-18-15-25-9-3-6-12-28(25)21-31/h1-21,32-34,38,42H,22H2/t32-,33-,34-,38?/m0/s1. The first-order chi connectivity index (χ1) is 22.4. The Morgan fingerprint density at radius 3 is 1.37 bits per heavy atom. The van der Waals surface area contributed by atoms with Crippen molar-refractivity contribution in [1.29, 1.82) is 0 Å². The van der Waals surface area contributed by atoms with E-state index in [1.807, 2.05) is 91.0 Å². The molecule has 0 aromatic heterocycles. The van der Waals surface area contributed by atoms with Gasteiger partial charge >= 0.3 is 17.9 Å². The molecule has 1 aliphatic heterocycles. The number of carbonyl (C=O) groups excluding carboxylic acids is 3. The second-order valence-corrected chi connectivity index (χ2v) is 12.4. The second kappa shape index (κ2) is 12.7. The molecule has 1 heterocycles. The lowest BCUT2D eigenvalue weighted by Gasteiger charge is -2.24. The molecule has 1 fully saturated rings. The van der Waals surface area contributed by atoms with Crippen LogP contribution in [0.2, 0.25) is 0 Å². The third-order valence-electron chi connectivity index (χ3n) is 8.11. The zero-order chi connectivity index (χ0) is 31.6. The topological polar surface area (TPSA) is 99.1 Å². The number of benzene rings is 6. The number of carbonyl (C=O) groups is 3. The summed E-state index contributed by atoms with van der Waals surface area (Å²) in [4.78, 5) is 39.9. The average molecular weight is 629 g/mol. The van der Waals surface area contributed by atoms with Crippen LogP contribution in [0.25, 0.3) is 32.3 Å². The third-order valence-corrected chi connectivity index (χ3v) is 9.41. The van der Waals surface area contributed by atoms with Gasteiger partial charge in [0.15, 0.2) is 12.2 Å². The highest BCUT2D eigenvalue weighted by Gasteiger charge is 2.49. The summed E-state index contributed by atoms with van der Waals surface area (Å²) >= 11 is 1.02. The Bertz CT molecular complexity index is 2110. The summed E-state index contributed by atoms with van der Waals surface area (Å²) in [7, 11) is 0. The van der Waals surface area contributed by atoms with Gasteiger partial charge in [-0.25, -0.2) is 14.4 Å². The molecule has 1 unspecified atom stereocenters. The first kappa shape index (κ1) is 29.5. The molecule has 7 nitrogen and oxygen atoms in total. The van der Waals surface area contributed by atoms with Crippen molar-refractivity contribution >= 4 is 62.0 Å². The molecule has 0 radical (unpaired) electrons. The molecule has 6 aromatic rings. The van der Waals surface area contributed by atoms with Crippen molar-refractivity contribution in [2.45, 2.75) is 22.9 Å². The van der Waals surface area contributed by atoms with Gasteiger partial charge in [-0.2, -0.15) is 0 Å². The summed E-state index contributed by atoms with van der Waals surface area (Å²) in [5.41, 5.74) is -0.271. The van der Waals surface area contributed by atoms with Crippen molar-refractivity contribution in [3.05, 3.63) is 144 Å². The molecule has 228 valence electrons. The number of hydrogen-bond acceptors (Lipinski definition) is 8. The number of hydrogen-bond donors (Lipinski definition) is 1. The van der Waals surface area contributed by atoms with Crippen LogP contribution < -0.4 is 0 Å². The highest BCUT2D eigenvalue weighted by molar-refractivity contribution is 8.00. The van der Waals surface area contributed by atoms with Crippen molar-refractivity contribution in [3.8, 4) is 0 Å². The first-order valence-corrected chi connectivity index (χ1v) is 15.8. The fourth-order valence-corrected chi connectivity index (χ4v) is 6.92. The van der Waals surface area contributed by atoms with Crippen LogP contribution in [0.5, 0.6) is 0 Å². The third kappa shape index (κ3) is 6.05. The van der Waals surface area contributed by atoms with E-state index in [0.717, 1.165) is 44.1 Å². The molecule has 46 heavy (non-hydrogen) atoms. The molecule has 0 aliphatic carbocycles. The normalized spacial score (nSPS) is 19.2. The van der Waals surface area contributed by atoms with Gasteiger partial charge in [0.1, 0.15) is 12.0 Å². The van der Waals surface area contributed by atoms with Crippen LogP contribution >= 0.6 is 11.8 Å². The highest BCUT2D eigenvalue weighted by atomic mass is 32.2. The molecular weight excluding hydrogens is 600 g/mol. The van der Waals surface area contributed by atoms with E-state index in [0.29, 0.717) is 16.7 Å². The number of fused-ring (bicyclic) bond motifs is 3. The van der Waals surface area contributed by atoms with E-state index in [4.69, 9.17) is 14.2 Å². The average Bonchev–Trinajstić information content (AvgIpc) is 3.38. The summed E-state index contributed by atoms with van der Waals surface area (Å²) < 4.78 is 17.4. The Balaban J connectivity index is 1.13. The van der Waals surface area contributed by atoms with Gasteiger partial charge in [0.05, 0.1) is 21.9 Å². The zero-order valence-electron chi connectivity index (χ0n) is 24.4. The van der Waals surface area contributed by atoms with Crippen LogP contribution in [0.4, 0.5) is 0 Å². The van der Waals surface area contributed by atoms with Crippen molar-refractivity contribution in [3.63, 3.8) is 0 Å². The van der Waals surface area contributed by atoms with E-state index in [-0.39, 0.29) is 6.61 Å². The predicted molar refractivity (Wildman–Crippen MR) is 178 cm³/mol. The Hall–Kier alpha value is -5.18. The van der Waals surface area contributed by atoms with Crippen LogP contribution in [0.1, 0.15) is 31.1 Å². The molecule has 1 aliphatic rings. The van der Waals surface area contributed by atoms with Gasteiger partial charge in [-0.3, -0.25) is 0 Å². The zero-order valence-corrected chi connectivity index (χ0v) is 25.3. The molecule has 1 N–H and O–H groups in total. The molecule has 0 spiro atoms. The molecule has 0 bridgehead atoms. The number of aliphatic hydroxyl groups excluding tert-OH is 1. The minimum absolute atomic E-state index is 0.187. The number of rotatable bonds is 7. The lowest BCUT2D eigenvalue weighted by Crippen LogP contribution is -2.41. The Morgan fingerprint density at radius 1 is 0.522 bits per heavy atom. The summed E-state index contributed by atoms with van der Waals surface area (Å²) in [6.45, 7) is -0.187. The number of esters is 3. The Labute approximate surface area is 268 Å². The van der Waals surface area contributed by atoms with E-state index in [9.17, 15) is 19.5 Å². The molecule has 7 rings (SSSR count). The van der Waals surface area contributed by atoms with Crippen LogP contribution in [0, 0.1) is 0 Å². The Morgan fingerprint density at radius 2 is 0.913 bits per heavy atom. The van der Waals surface area contributed by atoms with E-state index >= 15 is 0 Å². The summed E-state index contributed by atoms with van der Waals surface area (Å²) in [6, 6.07) is 38.6. The SMILES string of the molecule is O=C(OC[C@@H]1SC(O)[C@@H](OC(=O)c2ccc3ccccc3c2)[C@H]1OC(=O)c1ccc2ccccc2c1)c1ccc2ccccc2c1. The van der Waals surface area contributed by atoms with Crippen LogP contribution in [-0.2, 0) is 14.2 Å². The number of aliphatic hydroxyl groups is 1. The van der Waals surface area contributed by atoms with Crippen LogP contribution in [0.3, 0.4) is 0 Å². The number of ether oxygens (including phenoxy) is 3. The molecule has 6 aromatic carbocycles. The summed E-state index contributed by atoms with van der Waals surface area (Å²) in [6.07, 6.45) is -2.31. The van der Waals surface area contributed by atoms with Gasteiger partial charge in [-0.05, 0) is 68.7 Å². The van der Waals surface area contributed by atoms with Gasteiger partial charge in [-0.15, -0.1) is 11.8 Å². The molecule has 4 atom stereocenters. The monoisotopic (exact) mass is 628 g/mol. The molecule has 0 amide bonds. The van der Waals surface area contributed by atoms with Gasteiger partial charge < -0.3 is 19.3 Å². The predicted octanol–water partition coefficient (Wildman–Crippen LogP) is 7.19. The highest BCUT2D eigenvalue weighted by Crippen LogP contribution is 2.38. The van der Waals surface area contributed by atoms with E-state index < -0.39 is 40.8 Å². The van der Waals surface area contributed by atoms with E-state index in [1.165, 1.54) is 0 Å². The first-order valence-electron chi connectivity index (χ1n) is 14.8. The van der Waals surface area contributed by atoms with Crippen LogP contribution in [0.15, 0.2) is 127 Å². The van der Waals surface area contributed by atoms with Crippen molar-refractivity contribution in [1.82, 2.24) is 0 Å². The van der Waals surface area contributed by atoms with E-state index in [1.54, 1.807) is 36.4 Å². The minimum atomic E-state index is -1.23. The smallest absolute Gasteiger partial charge is 0.338 e. The van der Waals surface area contributed by atoms with Crippen molar-refractivity contribution in [2.75, 3.05) is 6.61 Å². The molecular formula is C38H28O7S. The largest absolute Gasteiger partial charge is 0.461 e. The Kier molecular flexibility index (Phi) is 8.13. The van der Waals surface area contributed by atoms with Gasteiger partial charge in [0.2, 0.25) is 0 Å². The quantitative estimate of drug-likeness (QED) is 0.147. The fourth-order valence-electron chi connectivity index (χ4n) is 5.68. The second-order valence-electron chi connectivity index (χ2n) is 11.1. The molecule has 1 saturated heterocycles. The van der Waals surface area contributed by atoms with Gasteiger partial charge in [-0.1, -0.05) is 91.0 Å². The molecule has 0 saturated carbocycles. The lowest BCUT2D eigenvalue weighted by atomic mass is 10.1. The van der Waals surface area contributed by atoms with Crippen molar-refractivity contribution in [2.24, 2.45) is 0 Å². The fraction of sp³-hybridized carbons (Fsp3) is 0.132. The maximum atomic E-state index is 13.5. The minimum Gasteiger partial charge on any atom is -0.461 e. The maximum Gasteiger partial charge on any atom is 0.338 e. The number of thioether (sulfide) groups is 1. The molecule has 8 heteroatoms. The summed E-state index contributed by atoms with van der Waals surface area (Å²) in [5, 5.41) is 15.9. The van der Waals surface area contributed by atoms with E-state index in [2.05, 4.69) is 0 Å². The van der Waals surface area contributed by atoms with Crippen molar-refractivity contribution < 1.29 is 33.7 Å². The lowest BCUT2D eigenvalue weighted by molar-refractivity contribution is -0.0557.